The maximum Gasteiger partial charge on any atom is 0.303 e. The van der Waals surface area contributed by atoms with Crippen LogP contribution < -0.4 is 5.32 Å². The third-order valence-electron chi connectivity index (χ3n) is 4.91. The van der Waals surface area contributed by atoms with Gasteiger partial charge in [0.2, 0.25) is 0 Å². The third-order valence-corrected chi connectivity index (χ3v) is 4.91. The van der Waals surface area contributed by atoms with Gasteiger partial charge < -0.3 is 10.4 Å². The van der Waals surface area contributed by atoms with Gasteiger partial charge in [0, 0.05) is 30.3 Å². The summed E-state index contributed by atoms with van der Waals surface area (Å²) in [4.78, 5) is 10.5. The van der Waals surface area contributed by atoms with E-state index in [9.17, 15) is 4.79 Å². The van der Waals surface area contributed by atoms with Crippen molar-refractivity contribution in [3.63, 3.8) is 0 Å². The summed E-state index contributed by atoms with van der Waals surface area (Å²) in [6, 6.07) is 18.6. The molecular weight excluding hydrogens is 362 g/mol. The number of unbranched alkanes of at least 4 members (excludes halogenated alkanes) is 3. The molecule has 0 spiro atoms. The second kappa shape index (κ2) is 10.6. The topological polar surface area (TPSA) is 67.2 Å². The molecule has 0 aliphatic heterocycles. The van der Waals surface area contributed by atoms with Crippen molar-refractivity contribution in [1.29, 1.82) is 0 Å². The number of aliphatic carboxylic acids is 1. The van der Waals surface area contributed by atoms with E-state index in [1.54, 1.807) is 0 Å². The Balaban J connectivity index is 1.64. The summed E-state index contributed by atoms with van der Waals surface area (Å²) in [5.74, 6) is -0.706. The van der Waals surface area contributed by atoms with Crippen molar-refractivity contribution in [3.05, 3.63) is 71.9 Å². The number of aromatic nitrogens is 2. The summed E-state index contributed by atoms with van der Waals surface area (Å²) in [6.45, 7) is 3.77. The van der Waals surface area contributed by atoms with Gasteiger partial charge in [-0.25, -0.2) is 4.68 Å². The van der Waals surface area contributed by atoms with E-state index in [1.807, 2.05) is 22.9 Å². The van der Waals surface area contributed by atoms with Crippen molar-refractivity contribution >= 4 is 5.97 Å². The molecule has 0 unspecified atom stereocenters. The van der Waals surface area contributed by atoms with Gasteiger partial charge in [-0.1, -0.05) is 54.8 Å². The molecule has 3 aromatic rings. The lowest BCUT2D eigenvalue weighted by Crippen LogP contribution is -2.14. The Kier molecular flexibility index (Phi) is 7.59. The second-order valence-electron chi connectivity index (χ2n) is 7.39. The fourth-order valence-electron chi connectivity index (χ4n) is 3.39. The molecule has 0 aliphatic rings. The van der Waals surface area contributed by atoms with Crippen molar-refractivity contribution in [2.45, 2.75) is 45.6 Å². The molecule has 152 valence electrons. The Morgan fingerprint density at radius 2 is 1.83 bits per heavy atom. The minimum absolute atomic E-state index is 0.270. The highest BCUT2D eigenvalue weighted by Gasteiger charge is 2.12. The SMILES string of the molecule is Cc1cccc(-c2nn(-c3ccccc3)cc2CNCCCCCCC(=O)O)c1. The maximum absolute atomic E-state index is 10.5. The van der Waals surface area contributed by atoms with Crippen molar-refractivity contribution < 1.29 is 9.90 Å². The van der Waals surface area contributed by atoms with E-state index < -0.39 is 5.97 Å². The molecule has 0 radical (unpaired) electrons. The van der Waals surface area contributed by atoms with Crippen LogP contribution in [-0.4, -0.2) is 27.4 Å². The number of carboxylic acids is 1. The average molecular weight is 392 g/mol. The van der Waals surface area contributed by atoms with E-state index in [-0.39, 0.29) is 6.42 Å². The monoisotopic (exact) mass is 391 g/mol. The standard InChI is InChI=1S/C24H29N3O2/c1-19-10-9-11-20(16-19)24-21(17-25-15-8-3-2-7-14-23(28)29)18-27(26-24)22-12-5-4-6-13-22/h4-6,9-13,16,18,25H,2-3,7-8,14-15,17H2,1H3,(H,28,29). The van der Waals surface area contributed by atoms with E-state index in [1.165, 1.54) is 11.1 Å². The molecule has 5 heteroatoms. The van der Waals surface area contributed by atoms with Gasteiger partial charge in [-0.15, -0.1) is 0 Å². The summed E-state index contributed by atoms with van der Waals surface area (Å²) in [5.41, 5.74) is 5.57. The van der Waals surface area contributed by atoms with Gasteiger partial charge in [0.15, 0.2) is 0 Å². The van der Waals surface area contributed by atoms with E-state index in [2.05, 4.69) is 54.8 Å². The third kappa shape index (κ3) is 6.29. The maximum atomic E-state index is 10.5. The molecule has 0 saturated heterocycles. The molecule has 0 bridgehead atoms. The molecule has 0 aliphatic carbocycles. The highest BCUT2D eigenvalue weighted by atomic mass is 16.4. The molecule has 1 aromatic heterocycles. The zero-order valence-electron chi connectivity index (χ0n) is 17.0. The minimum atomic E-state index is -0.706. The highest BCUT2D eigenvalue weighted by molar-refractivity contribution is 5.66. The van der Waals surface area contributed by atoms with Gasteiger partial charge in [-0.05, 0) is 44.5 Å². The van der Waals surface area contributed by atoms with Gasteiger partial charge in [0.25, 0.3) is 0 Å². The fourth-order valence-corrected chi connectivity index (χ4v) is 3.39. The molecular formula is C24H29N3O2. The molecule has 2 N–H and O–H groups in total. The Morgan fingerprint density at radius 1 is 1.03 bits per heavy atom. The molecule has 2 aromatic carbocycles. The first-order chi connectivity index (χ1) is 14.1. The van der Waals surface area contributed by atoms with Crippen LogP contribution in [0.15, 0.2) is 60.8 Å². The number of nitrogens with zero attached hydrogens (tertiary/aromatic N) is 2. The summed E-state index contributed by atoms with van der Waals surface area (Å²) in [6.07, 6.45) is 6.20. The van der Waals surface area contributed by atoms with Crippen LogP contribution in [0.2, 0.25) is 0 Å². The molecule has 5 nitrogen and oxygen atoms in total. The first-order valence-corrected chi connectivity index (χ1v) is 10.3. The normalized spacial score (nSPS) is 10.9. The van der Waals surface area contributed by atoms with E-state index in [4.69, 9.17) is 10.2 Å². The number of nitrogens with one attached hydrogen (secondary N) is 1. The number of carbonyl (C=O) groups is 1. The first-order valence-electron chi connectivity index (χ1n) is 10.3. The molecule has 0 fully saturated rings. The number of benzene rings is 2. The smallest absolute Gasteiger partial charge is 0.303 e. The number of para-hydroxylation sites is 1. The van der Waals surface area contributed by atoms with Crippen molar-refractivity contribution in [2.24, 2.45) is 0 Å². The lowest BCUT2D eigenvalue weighted by molar-refractivity contribution is -0.137. The quantitative estimate of drug-likeness (QED) is 0.453. The van der Waals surface area contributed by atoms with E-state index >= 15 is 0 Å². The Bertz CT molecular complexity index is 919. The fraction of sp³-hybridized carbons (Fsp3) is 0.333. The van der Waals surface area contributed by atoms with Gasteiger partial charge in [-0.3, -0.25) is 4.79 Å². The van der Waals surface area contributed by atoms with Crippen LogP contribution >= 0.6 is 0 Å². The second-order valence-corrected chi connectivity index (χ2v) is 7.39. The van der Waals surface area contributed by atoms with Crippen LogP contribution in [0.25, 0.3) is 16.9 Å². The molecule has 1 heterocycles. The van der Waals surface area contributed by atoms with E-state index in [0.29, 0.717) is 0 Å². The zero-order chi connectivity index (χ0) is 20.5. The number of aryl methyl sites for hydroxylation is 1. The Labute approximate surface area is 172 Å². The predicted molar refractivity (Wildman–Crippen MR) is 116 cm³/mol. The minimum Gasteiger partial charge on any atom is -0.481 e. The first kappa shape index (κ1) is 20.8. The highest BCUT2D eigenvalue weighted by Crippen LogP contribution is 2.24. The van der Waals surface area contributed by atoms with Crippen LogP contribution in [0.1, 0.15) is 43.2 Å². The van der Waals surface area contributed by atoms with Gasteiger partial charge >= 0.3 is 5.97 Å². The van der Waals surface area contributed by atoms with Crippen LogP contribution in [0.5, 0.6) is 0 Å². The zero-order valence-corrected chi connectivity index (χ0v) is 17.0. The van der Waals surface area contributed by atoms with Crippen LogP contribution in [0.4, 0.5) is 0 Å². The number of carboxylic acid groups (broad SMARTS) is 1. The number of rotatable bonds is 11. The molecule has 29 heavy (non-hydrogen) atoms. The lowest BCUT2D eigenvalue weighted by Gasteiger charge is -2.06. The molecule has 0 saturated carbocycles. The van der Waals surface area contributed by atoms with Gasteiger partial charge in [0.1, 0.15) is 0 Å². The largest absolute Gasteiger partial charge is 0.481 e. The number of hydrogen-bond acceptors (Lipinski definition) is 3. The summed E-state index contributed by atoms with van der Waals surface area (Å²) >= 11 is 0. The van der Waals surface area contributed by atoms with Crippen LogP contribution in [0.3, 0.4) is 0 Å². The van der Waals surface area contributed by atoms with Crippen LogP contribution in [0, 0.1) is 6.92 Å². The average Bonchev–Trinajstić information content (AvgIpc) is 3.15. The predicted octanol–water partition coefficient (Wildman–Crippen LogP) is 4.97. The molecule has 0 amide bonds. The van der Waals surface area contributed by atoms with E-state index in [0.717, 1.165) is 55.7 Å². The summed E-state index contributed by atoms with van der Waals surface area (Å²) < 4.78 is 1.95. The summed E-state index contributed by atoms with van der Waals surface area (Å²) in [5, 5.41) is 17.1. The van der Waals surface area contributed by atoms with Crippen molar-refractivity contribution in [2.75, 3.05) is 6.54 Å². The van der Waals surface area contributed by atoms with Crippen molar-refractivity contribution in [1.82, 2.24) is 15.1 Å². The van der Waals surface area contributed by atoms with Crippen LogP contribution in [-0.2, 0) is 11.3 Å². The van der Waals surface area contributed by atoms with Gasteiger partial charge in [-0.2, -0.15) is 5.10 Å². The number of hydrogen-bond donors (Lipinski definition) is 2. The van der Waals surface area contributed by atoms with Crippen molar-refractivity contribution in [3.8, 4) is 16.9 Å². The molecule has 3 rings (SSSR count). The summed E-state index contributed by atoms with van der Waals surface area (Å²) in [7, 11) is 0. The Hall–Kier alpha value is -2.92. The van der Waals surface area contributed by atoms with Gasteiger partial charge in [0.05, 0.1) is 11.4 Å². The Morgan fingerprint density at radius 3 is 2.59 bits per heavy atom. The lowest BCUT2D eigenvalue weighted by atomic mass is 10.1. The molecule has 0 atom stereocenters.